The molecule has 0 unspecified atom stereocenters. The third-order valence-corrected chi connectivity index (χ3v) is 0.189. The maximum absolute atomic E-state index is 9.28. The Morgan fingerprint density at radius 2 is 2.00 bits per heavy atom. The van der Waals surface area contributed by atoms with Gasteiger partial charge in [0.15, 0.2) is 0 Å². The van der Waals surface area contributed by atoms with Crippen molar-refractivity contribution >= 4 is 6.03 Å². The number of amides is 2. The average Bonchev–Trinajstić information content (AvgIpc) is 1.36. The molecule has 0 spiro atoms. The summed E-state index contributed by atoms with van der Waals surface area (Å²) in [6.45, 7) is 0. The average molecular weight is 91.0 g/mol. The number of hydrogen-bond acceptors (Lipinski definition) is 2. The number of nitrogens with zero attached hydrogens (tertiary/aromatic N) is 1. The number of primary amides is 1. The summed E-state index contributed by atoms with van der Waals surface area (Å²) in [6, 6.07) is -1.41. The highest BCUT2D eigenvalue weighted by atomic mass is 16.6. The SMILES string of the molecule is NC(=O)[N+](=O)O. The Morgan fingerprint density at radius 1 is 1.83 bits per heavy atom. The Morgan fingerprint density at radius 3 is 2.00 bits per heavy atom. The molecule has 0 bridgehead atoms. The second-order valence-corrected chi connectivity index (χ2v) is 0.611. The number of urea groups is 1. The van der Waals surface area contributed by atoms with Crippen molar-refractivity contribution < 1.29 is 14.9 Å². The lowest BCUT2D eigenvalue weighted by Gasteiger charge is -1.66. The molecule has 0 rings (SSSR count). The Labute approximate surface area is 32.9 Å². The molecule has 3 N–H and O–H groups in total. The summed E-state index contributed by atoms with van der Waals surface area (Å²) in [5.74, 6) is 0. The second-order valence-electron chi connectivity index (χ2n) is 0.611. The van der Waals surface area contributed by atoms with Gasteiger partial charge < -0.3 is 5.21 Å². The topological polar surface area (TPSA) is 83.4 Å². The Hall–Kier alpha value is -1.13. The summed E-state index contributed by atoms with van der Waals surface area (Å²) in [6.07, 6.45) is 0. The van der Waals surface area contributed by atoms with E-state index >= 15 is 0 Å². The monoisotopic (exact) mass is 91.0 g/mol. The molecule has 0 aromatic heterocycles. The van der Waals surface area contributed by atoms with Crippen LogP contribution in [0.2, 0.25) is 0 Å². The highest BCUT2D eigenvalue weighted by molar-refractivity contribution is 5.61. The first-order chi connectivity index (χ1) is 2.64. The molecule has 5 nitrogen and oxygen atoms in total. The molecular weight excluding hydrogens is 88.0 g/mol. The lowest BCUT2D eigenvalue weighted by atomic mass is 11.2. The van der Waals surface area contributed by atoms with Gasteiger partial charge in [0, 0.05) is 0 Å². The quantitative estimate of drug-likeness (QED) is 0.303. The minimum absolute atomic E-state index is 0.944. The van der Waals surface area contributed by atoms with Gasteiger partial charge in [-0.3, -0.25) is 0 Å². The first-order valence-corrected chi connectivity index (χ1v) is 1.10. The molecule has 0 aliphatic carbocycles. The maximum Gasteiger partial charge on any atom is 0.570 e. The summed E-state index contributed by atoms with van der Waals surface area (Å²) >= 11 is 0. The molecule has 0 atom stereocenters. The van der Waals surface area contributed by atoms with Gasteiger partial charge >= 0.3 is 6.03 Å². The van der Waals surface area contributed by atoms with Crippen molar-refractivity contribution in [3.63, 3.8) is 0 Å². The van der Waals surface area contributed by atoms with Crippen LogP contribution in [0.1, 0.15) is 0 Å². The van der Waals surface area contributed by atoms with Crippen LogP contribution in [-0.4, -0.2) is 16.2 Å². The van der Waals surface area contributed by atoms with Gasteiger partial charge in [0.2, 0.25) is 4.92 Å². The van der Waals surface area contributed by atoms with Gasteiger partial charge in [-0.25, -0.2) is 5.73 Å². The van der Waals surface area contributed by atoms with Crippen molar-refractivity contribution in [1.82, 2.24) is 0 Å². The van der Waals surface area contributed by atoms with Crippen LogP contribution < -0.4 is 5.73 Å². The summed E-state index contributed by atoms with van der Waals surface area (Å²) < 4.78 is 0. The fourth-order valence-electron chi connectivity index (χ4n) is 0. The standard InChI is InChI=1S/CH2N2O3/c2-1(4)3(5)6/h(H2-,2,4,5,6)/p+1. The number of carbonyl (C=O) groups is 1. The summed E-state index contributed by atoms with van der Waals surface area (Å²) in [5, 5.41) is 7.43. The van der Waals surface area contributed by atoms with Crippen LogP contribution >= 0.6 is 0 Å². The van der Waals surface area contributed by atoms with Gasteiger partial charge in [0.1, 0.15) is 0 Å². The molecule has 0 aliphatic rings. The van der Waals surface area contributed by atoms with E-state index in [4.69, 9.17) is 10.1 Å². The maximum atomic E-state index is 9.28. The minimum Gasteiger partial charge on any atom is -0.311 e. The molecule has 0 aliphatic heterocycles. The van der Waals surface area contributed by atoms with Crippen LogP contribution in [-0.2, 0) is 0 Å². The summed E-state index contributed by atoms with van der Waals surface area (Å²) in [7, 11) is 0. The molecule has 34 valence electrons. The highest BCUT2D eigenvalue weighted by Gasteiger charge is 2.07. The van der Waals surface area contributed by atoms with E-state index in [0.29, 0.717) is 0 Å². The van der Waals surface area contributed by atoms with Crippen molar-refractivity contribution in [3.05, 3.63) is 4.91 Å². The van der Waals surface area contributed by atoms with Gasteiger partial charge in [0.05, 0.1) is 0 Å². The van der Waals surface area contributed by atoms with Crippen LogP contribution in [0.3, 0.4) is 0 Å². The second kappa shape index (κ2) is 1.34. The molecule has 0 saturated heterocycles. The minimum atomic E-state index is -1.41. The molecular formula is CH3N2O3+. The number of nitrogens with two attached hydrogens (primary N) is 1. The van der Waals surface area contributed by atoms with E-state index in [1.54, 1.807) is 0 Å². The third kappa shape index (κ3) is 1.22. The van der Waals surface area contributed by atoms with E-state index in [2.05, 4.69) is 5.73 Å². The molecule has 0 heterocycles. The zero-order chi connectivity index (χ0) is 5.15. The van der Waals surface area contributed by atoms with E-state index in [1.165, 1.54) is 0 Å². The van der Waals surface area contributed by atoms with E-state index < -0.39 is 11.0 Å². The zero-order valence-corrected chi connectivity index (χ0v) is 2.79. The molecule has 5 heteroatoms. The molecule has 0 saturated carbocycles. The smallest absolute Gasteiger partial charge is 0.311 e. The highest BCUT2D eigenvalue weighted by Crippen LogP contribution is 1.56. The first kappa shape index (κ1) is 4.87. The molecule has 0 aromatic rings. The van der Waals surface area contributed by atoms with Crippen molar-refractivity contribution in [2.75, 3.05) is 0 Å². The van der Waals surface area contributed by atoms with E-state index in [9.17, 15) is 4.79 Å². The third-order valence-electron chi connectivity index (χ3n) is 0.189. The number of hydrogen-bond donors (Lipinski definition) is 2. The van der Waals surface area contributed by atoms with Crippen LogP contribution in [0.25, 0.3) is 0 Å². The van der Waals surface area contributed by atoms with Gasteiger partial charge in [-0.05, 0) is 4.91 Å². The van der Waals surface area contributed by atoms with E-state index in [1.807, 2.05) is 0 Å². The molecule has 2 amide bonds. The summed E-state index contributed by atoms with van der Waals surface area (Å²) in [5.41, 5.74) is 4.16. The fraction of sp³-hybridized carbons (Fsp3) is 0. The van der Waals surface area contributed by atoms with Crippen LogP contribution in [0, 0.1) is 4.91 Å². The van der Waals surface area contributed by atoms with Gasteiger partial charge in [0.25, 0.3) is 0 Å². The predicted molar refractivity (Wildman–Crippen MR) is 15.0 cm³/mol. The van der Waals surface area contributed by atoms with Crippen molar-refractivity contribution in [2.45, 2.75) is 0 Å². The van der Waals surface area contributed by atoms with Gasteiger partial charge in [-0.15, -0.1) is 0 Å². The van der Waals surface area contributed by atoms with Gasteiger partial charge in [-0.1, -0.05) is 0 Å². The normalized spacial score (nSPS) is 7.33. The largest absolute Gasteiger partial charge is 0.570 e. The molecule has 0 aromatic carbocycles. The van der Waals surface area contributed by atoms with Crippen molar-refractivity contribution in [1.29, 1.82) is 0 Å². The fourth-order valence-corrected chi connectivity index (χ4v) is 0. The van der Waals surface area contributed by atoms with Crippen molar-refractivity contribution in [2.24, 2.45) is 5.73 Å². The summed E-state index contributed by atoms with van der Waals surface area (Å²) in [4.78, 5) is 17.5. The van der Waals surface area contributed by atoms with E-state index in [-0.39, 0.29) is 0 Å². The molecule has 0 radical (unpaired) electrons. The Kier molecular flexibility index (Phi) is 1.09. The molecule has 6 heavy (non-hydrogen) atoms. The zero-order valence-electron chi connectivity index (χ0n) is 2.79. The number of carbonyl (C=O) groups excluding carboxylic acids is 1. The van der Waals surface area contributed by atoms with Crippen molar-refractivity contribution in [3.8, 4) is 0 Å². The Balaban J connectivity index is 3.57. The Bertz CT molecular complexity index is 74.8. The lowest BCUT2D eigenvalue weighted by molar-refractivity contribution is -0.714. The lowest BCUT2D eigenvalue weighted by Crippen LogP contribution is -2.20. The van der Waals surface area contributed by atoms with Gasteiger partial charge in [-0.2, -0.15) is 4.79 Å². The van der Waals surface area contributed by atoms with E-state index in [0.717, 1.165) is 0 Å². The van der Waals surface area contributed by atoms with Crippen LogP contribution in [0.5, 0.6) is 0 Å². The molecule has 0 fully saturated rings. The van der Waals surface area contributed by atoms with Crippen LogP contribution in [0.4, 0.5) is 4.79 Å². The van der Waals surface area contributed by atoms with Crippen LogP contribution in [0.15, 0.2) is 0 Å². The predicted octanol–water partition coefficient (Wildman–Crippen LogP) is -0.767. The number of rotatable bonds is 0. The first-order valence-electron chi connectivity index (χ1n) is 1.10.